The second-order valence-corrected chi connectivity index (χ2v) is 2.32. The van der Waals surface area contributed by atoms with Gasteiger partial charge in [-0.1, -0.05) is 18.2 Å². The van der Waals surface area contributed by atoms with E-state index in [1.165, 1.54) is 18.2 Å². The Morgan fingerprint density at radius 1 is 1.17 bits per heavy atom. The van der Waals surface area contributed by atoms with E-state index >= 15 is 0 Å². The van der Waals surface area contributed by atoms with Crippen LogP contribution in [0.15, 0.2) is 24.3 Å². The van der Waals surface area contributed by atoms with Crippen LogP contribution in [0.3, 0.4) is 0 Å². The van der Waals surface area contributed by atoms with Gasteiger partial charge in [-0.3, -0.25) is 0 Å². The molecule has 0 aliphatic carbocycles. The van der Waals surface area contributed by atoms with Crippen molar-refractivity contribution in [2.45, 2.75) is 5.92 Å². The maximum absolute atomic E-state index is 12.9. The Hall–Kier alpha value is -1.51. The van der Waals surface area contributed by atoms with Crippen LogP contribution < -0.4 is 0 Å². The first-order chi connectivity index (χ1) is 5.79. The molecule has 0 amide bonds. The largest absolute Gasteiger partial charge is 0.302 e. The van der Waals surface area contributed by atoms with Crippen molar-refractivity contribution < 1.29 is 14.0 Å². The highest BCUT2D eigenvalue weighted by Gasteiger charge is 2.12. The zero-order valence-electron chi connectivity index (χ0n) is 6.24. The molecule has 0 bridgehead atoms. The summed E-state index contributed by atoms with van der Waals surface area (Å²) in [7, 11) is 0. The monoisotopic (exact) mass is 166 g/mol. The van der Waals surface area contributed by atoms with Gasteiger partial charge in [0, 0.05) is 5.56 Å². The molecule has 0 fully saturated rings. The number of hydrogen-bond donors (Lipinski definition) is 0. The summed E-state index contributed by atoms with van der Waals surface area (Å²) in [4.78, 5) is 20.6. The summed E-state index contributed by atoms with van der Waals surface area (Å²) >= 11 is 0. The van der Waals surface area contributed by atoms with Crippen LogP contribution in [0.25, 0.3) is 0 Å². The lowest BCUT2D eigenvalue weighted by Crippen LogP contribution is -2.03. The average molecular weight is 166 g/mol. The highest BCUT2D eigenvalue weighted by Crippen LogP contribution is 2.14. The van der Waals surface area contributed by atoms with E-state index in [0.717, 1.165) is 0 Å². The molecular formula is C9H7FO2. The number of aldehydes is 2. The molecular weight excluding hydrogens is 159 g/mol. The van der Waals surface area contributed by atoms with Crippen LogP contribution in [-0.4, -0.2) is 12.6 Å². The smallest absolute Gasteiger partial charge is 0.134 e. The lowest BCUT2D eigenvalue weighted by Gasteiger charge is -2.02. The molecule has 2 nitrogen and oxygen atoms in total. The number of benzene rings is 1. The van der Waals surface area contributed by atoms with Crippen molar-refractivity contribution in [1.29, 1.82) is 0 Å². The maximum Gasteiger partial charge on any atom is 0.134 e. The second-order valence-electron chi connectivity index (χ2n) is 2.32. The lowest BCUT2D eigenvalue weighted by atomic mass is 10.0. The Morgan fingerprint density at radius 3 is 2.25 bits per heavy atom. The van der Waals surface area contributed by atoms with Gasteiger partial charge in [0.05, 0.1) is 5.92 Å². The standard InChI is InChI=1S/C9H7FO2/c10-9-4-2-1-3-8(9)7(5-11)6-12/h1-7H. The van der Waals surface area contributed by atoms with E-state index in [9.17, 15) is 14.0 Å². The fourth-order valence-electron chi connectivity index (χ4n) is 0.924. The van der Waals surface area contributed by atoms with E-state index in [-0.39, 0.29) is 5.56 Å². The zero-order valence-corrected chi connectivity index (χ0v) is 6.24. The third-order valence-electron chi connectivity index (χ3n) is 1.56. The number of halogens is 1. The predicted octanol–water partition coefficient (Wildman–Crippen LogP) is 1.31. The summed E-state index contributed by atoms with van der Waals surface area (Å²) in [6.07, 6.45) is 0.844. The first-order valence-corrected chi connectivity index (χ1v) is 3.44. The van der Waals surface area contributed by atoms with Gasteiger partial charge in [-0.25, -0.2) is 4.39 Å². The number of hydrogen-bond acceptors (Lipinski definition) is 2. The molecule has 1 aromatic rings. The zero-order chi connectivity index (χ0) is 8.97. The van der Waals surface area contributed by atoms with Gasteiger partial charge in [-0.2, -0.15) is 0 Å². The van der Waals surface area contributed by atoms with Crippen molar-refractivity contribution in [3.05, 3.63) is 35.6 Å². The van der Waals surface area contributed by atoms with Crippen molar-refractivity contribution >= 4 is 12.6 Å². The third-order valence-corrected chi connectivity index (χ3v) is 1.56. The number of carbonyl (C=O) groups excluding carboxylic acids is 2. The topological polar surface area (TPSA) is 34.1 Å². The molecule has 12 heavy (non-hydrogen) atoms. The van der Waals surface area contributed by atoms with Gasteiger partial charge in [-0.05, 0) is 6.07 Å². The summed E-state index contributed by atoms with van der Waals surface area (Å²) < 4.78 is 12.9. The Kier molecular flexibility index (Phi) is 2.69. The van der Waals surface area contributed by atoms with Gasteiger partial charge in [0.25, 0.3) is 0 Å². The van der Waals surface area contributed by atoms with Gasteiger partial charge in [0.1, 0.15) is 18.4 Å². The van der Waals surface area contributed by atoms with Crippen molar-refractivity contribution in [2.75, 3.05) is 0 Å². The van der Waals surface area contributed by atoms with Gasteiger partial charge in [-0.15, -0.1) is 0 Å². The summed E-state index contributed by atoms with van der Waals surface area (Å²) in [5.74, 6) is -1.51. The van der Waals surface area contributed by atoms with Crippen molar-refractivity contribution in [3.63, 3.8) is 0 Å². The van der Waals surface area contributed by atoms with Crippen LogP contribution in [-0.2, 0) is 9.59 Å². The minimum atomic E-state index is -0.980. The molecule has 0 radical (unpaired) electrons. The number of rotatable bonds is 3. The van der Waals surface area contributed by atoms with Crippen LogP contribution in [0, 0.1) is 5.82 Å². The molecule has 0 aliphatic rings. The van der Waals surface area contributed by atoms with Crippen LogP contribution >= 0.6 is 0 Å². The van der Waals surface area contributed by atoms with E-state index in [4.69, 9.17) is 0 Å². The molecule has 0 saturated heterocycles. The summed E-state index contributed by atoms with van der Waals surface area (Å²) in [6.45, 7) is 0. The normalized spacial score (nSPS) is 9.83. The quantitative estimate of drug-likeness (QED) is 0.501. The van der Waals surface area contributed by atoms with E-state index < -0.39 is 11.7 Å². The van der Waals surface area contributed by atoms with Crippen molar-refractivity contribution in [1.82, 2.24) is 0 Å². The molecule has 0 aliphatic heterocycles. The fraction of sp³-hybridized carbons (Fsp3) is 0.111. The van der Waals surface area contributed by atoms with E-state index in [0.29, 0.717) is 12.6 Å². The van der Waals surface area contributed by atoms with Crippen LogP contribution in [0.5, 0.6) is 0 Å². The second kappa shape index (κ2) is 3.76. The van der Waals surface area contributed by atoms with E-state index in [2.05, 4.69) is 0 Å². The fourth-order valence-corrected chi connectivity index (χ4v) is 0.924. The Labute approximate surface area is 69.0 Å². The predicted molar refractivity (Wildman–Crippen MR) is 41.3 cm³/mol. The van der Waals surface area contributed by atoms with Crippen LogP contribution in [0.1, 0.15) is 11.5 Å². The van der Waals surface area contributed by atoms with Crippen LogP contribution in [0.2, 0.25) is 0 Å². The van der Waals surface area contributed by atoms with Gasteiger partial charge < -0.3 is 9.59 Å². The Morgan fingerprint density at radius 2 is 1.75 bits per heavy atom. The SMILES string of the molecule is O=CC(C=O)c1ccccc1F. The van der Waals surface area contributed by atoms with Gasteiger partial charge in [0.2, 0.25) is 0 Å². The first kappa shape index (κ1) is 8.59. The van der Waals surface area contributed by atoms with Crippen molar-refractivity contribution in [3.8, 4) is 0 Å². The minimum Gasteiger partial charge on any atom is -0.302 e. The maximum atomic E-state index is 12.9. The molecule has 1 aromatic carbocycles. The highest BCUT2D eigenvalue weighted by atomic mass is 19.1. The van der Waals surface area contributed by atoms with Gasteiger partial charge >= 0.3 is 0 Å². The van der Waals surface area contributed by atoms with E-state index in [1.807, 2.05) is 0 Å². The highest BCUT2D eigenvalue weighted by molar-refractivity contribution is 5.84. The Balaban J connectivity index is 3.08. The molecule has 0 saturated carbocycles. The summed E-state index contributed by atoms with van der Waals surface area (Å²) in [5.41, 5.74) is 0.127. The minimum absolute atomic E-state index is 0.127. The summed E-state index contributed by atoms with van der Waals surface area (Å²) in [6, 6.07) is 5.72. The first-order valence-electron chi connectivity index (χ1n) is 3.44. The van der Waals surface area contributed by atoms with Crippen LogP contribution in [0.4, 0.5) is 4.39 Å². The molecule has 62 valence electrons. The Bertz CT molecular complexity index is 288. The molecule has 0 heterocycles. The molecule has 0 aromatic heterocycles. The lowest BCUT2D eigenvalue weighted by molar-refractivity contribution is -0.116. The molecule has 1 rings (SSSR count). The number of carbonyl (C=O) groups is 2. The molecule has 0 N–H and O–H groups in total. The molecule has 0 unspecified atom stereocenters. The summed E-state index contributed by atoms with van der Waals surface area (Å²) in [5, 5.41) is 0. The van der Waals surface area contributed by atoms with Gasteiger partial charge in [0.15, 0.2) is 0 Å². The molecule has 0 spiro atoms. The van der Waals surface area contributed by atoms with Crippen molar-refractivity contribution in [2.24, 2.45) is 0 Å². The average Bonchev–Trinajstić information content (AvgIpc) is 2.10. The third kappa shape index (κ3) is 1.56. The molecule has 3 heteroatoms. The van der Waals surface area contributed by atoms with E-state index in [1.54, 1.807) is 6.07 Å². The molecule has 0 atom stereocenters.